The van der Waals surface area contributed by atoms with Gasteiger partial charge < -0.3 is 9.84 Å². The number of hydrogen-bond acceptors (Lipinski definition) is 2. The van der Waals surface area contributed by atoms with Crippen molar-refractivity contribution in [1.29, 1.82) is 0 Å². The van der Waals surface area contributed by atoms with Crippen LogP contribution in [0.25, 0.3) is 0 Å². The van der Waals surface area contributed by atoms with Crippen molar-refractivity contribution >= 4 is 15.9 Å². The van der Waals surface area contributed by atoms with Crippen LogP contribution < -0.4 is 4.74 Å². The van der Waals surface area contributed by atoms with E-state index in [4.69, 9.17) is 4.74 Å². The average Bonchev–Trinajstić information content (AvgIpc) is 2.76. The number of hydrogen-bond donors (Lipinski definition) is 1. The molecule has 1 aliphatic rings. The molecule has 1 N–H and O–H groups in total. The number of rotatable bonds is 2. The maximum atomic E-state index is 13.6. The normalized spacial score (nSPS) is 17.2. The van der Waals surface area contributed by atoms with Crippen LogP contribution in [0.3, 0.4) is 0 Å². The van der Waals surface area contributed by atoms with E-state index in [0.717, 1.165) is 16.9 Å². The summed E-state index contributed by atoms with van der Waals surface area (Å²) in [6.45, 7) is 4.84. The molecule has 21 heavy (non-hydrogen) atoms. The molecular formula is C17H16BrFO2. The first kappa shape index (κ1) is 14.5. The largest absolute Gasteiger partial charge is 0.492 e. The Morgan fingerprint density at radius 1 is 1.29 bits per heavy atom. The highest BCUT2D eigenvalue weighted by atomic mass is 79.9. The lowest BCUT2D eigenvalue weighted by molar-refractivity contribution is 0.218. The first-order chi connectivity index (χ1) is 9.90. The molecule has 0 aliphatic carbocycles. The molecule has 0 bridgehead atoms. The molecule has 0 radical (unpaired) electrons. The van der Waals surface area contributed by atoms with Crippen molar-refractivity contribution in [3.05, 3.63) is 63.4 Å². The molecule has 0 aromatic heterocycles. The van der Waals surface area contributed by atoms with Gasteiger partial charge in [-0.2, -0.15) is 0 Å². The maximum Gasteiger partial charge on any atom is 0.137 e. The molecule has 2 nitrogen and oxygen atoms in total. The highest BCUT2D eigenvalue weighted by Crippen LogP contribution is 2.40. The van der Waals surface area contributed by atoms with Gasteiger partial charge in [-0.25, -0.2) is 4.39 Å². The van der Waals surface area contributed by atoms with E-state index in [9.17, 15) is 9.50 Å². The number of aliphatic hydroxyl groups is 1. The Morgan fingerprint density at radius 2 is 2.05 bits per heavy atom. The van der Waals surface area contributed by atoms with E-state index < -0.39 is 6.10 Å². The van der Waals surface area contributed by atoms with Gasteiger partial charge in [-0.3, -0.25) is 0 Å². The number of halogens is 2. The Bertz CT molecular complexity index is 697. The lowest BCUT2D eigenvalue weighted by Gasteiger charge is -2.18. The van der Waals surface area contributed by atoms with Crippen molar-refractivity contribution in [3.8, 4) is 5.75 Å². The van der Waals surface area contributed by atoms with E-state index in [1.165, 1.54) is 6.07 Å². The van der Waals surface area contributed by atoms with Crippen molar-refractivity contribution in [2.45, 2.75) is 25.4 Å². The fourth-order valence-electron chi connectivity index (χ4n) is 2.62. The molecular weight excluding hydrogens is 335 g/mol. The van der Waals surface area contributed by atoms with Crippen LogP contribution in [0.4, 0.5) is 4.39 Å². The van der Waals surface area contributed by atoms with Gasteiger partial charge in [0.2, 0.25) is 0 Å². The number of benzene rings is 2. The van der Waals surface area contributed by atoms with E-state index in [1.54, 1.807) is 12.1 Å². The summed E-state index contributed by atoms with van der Waals surface area (Å²) in [4.78, 5) is 0. The van der Waals surface area contributed by atoms with Gasteiger partial charge in [-0.05, 0) is 39.7 Å². The van der Waals surface area contributed by atoms with Gasteiger partial charge in [-0.15, -0.1) is 0 Å². The molecule has 1 atom stereocenters. The van der Waals surface area contributed by atoms with Crippen LogP contribution in [0.15, 0.2) is 40.9 Å². The highest BCUT2D eigenvalue weighted by Gasteiger charge is 2.32. The van der Waals surface area contributed by atoms with E-state index in [-0.39, 0.29) is 11.2 Å². The van der Waals surface area contributed by atoms with Crippen LogP contribution in [-0.4, -0.2) is 11.7 Å². The SMILES string of the molecule is CC1(C)COc2ccc(C(O)c3cccc(F)c3Br)cc21. The minimum atomic E-state index is -0.878. The lowest BCUT2D eigenvalue weighted by atomic mass is 9.85. The zero-order chi connectivity index (χ0) is 15.2. The molecule has 2 aromatic rings. The first-order valence-corrected chi connectivity index (χ1v) is 7.58. The highest BCUT2D eigenvalue weighted by molar-refractivity contribution is 9.10. The number of fused-ring (bicyclic) bond motifs is 1. The molecule has 2 aromatic carbocycles. The molecule has 0 spiro atoms. The first-order valence-electron chi connectivity index (χ1n) is 6.79. The monoisotopic (exact) mass is 350 g/mol. The van der Waals surface area contributed by atoms with Crippen LogP contribution in [0.2, 0.25) is 0 Å². The Hall–Kier alpha value is -1.39. The third-order valence-electron chi connectivity index (χ3n) is 3.91. The third kappa shape index (κ3) is 2.47. The minimum absolute atomic E-state index is 0.0791. The van der Waals surface area contributed by atoms with Crippen LogP contribution in [0.1, 0.15) is 36.6 Å². The second-order valence-electron chi connectivity index (χ2n) is 5.97. The fraction of sp³-hybridized carbons (Fsp3) is 0.294. The van der Waals surface area contributed by atoms with Crippen molar-refractivity contribution in [2.24, 2.45) is 0 Å². The summed E-state index contributed by atoms with van der Waals surface area (Å²) in [6, 6.07) is 10.3. The van der Waals surface area contributed by atoms with Gasteiger partial charge in [0, 0.05) is 16.5 Å². The van der Waals surface area contributed by atoms with Crippen molar-refractivity contribution < 1.29 is 14.2 Å². The van der Waals surface area contributed by atoms with E-state index in [2.05, 4.69) is 29.8 Å². The number of ether oxygens (including phenoxy) is 1. The van der Waals surface area contributed by atoms with Gasteiger partial charge >= 0.3 is 0 Å². The van der Waals surface area contributed by atoms with Crippen LogP contribution >= 0.6 is 15.9 Å². The van der Waals surface area contributed by atoms with Gasteiger partial charge in [-0.1, -0.05) is 32.0 Å². The quantitative estimate of drug-likeness (QED) is 0.872. The zero-order valence-corrected chi connectivity index (χ0v) is 13.4. The van der Waals surface area contributed by atoms with E-state index >= 15 is 0 Å². The van der Waals surface area contributed by atoms with Gasteiger partial charge in [0.05, 0.1) is 11.1 Å². The zero-order valence-electron chi connectivity index (χ0n) is 11.9. The van der Waals surface area contributed by atoms with Crippen LogP contribution in [-0.2, 0) is 5.41 Å². The summed E-state index contributed by atoms with van der Waals surface area (Å²) in [7, 11) is 0. The Kier molecular flexibility index (Phi) is 3.54. The summed E-state index contributed by atoms with van der Waals surface area (Å²) in [5.74, 6) is 0.477. The second-order valence-corrected chi connectivity index (χ2v) is 6.77. The topological polar surface area (TPSA) is 29.5 Å². The average molecular weight is 351 g/mol. The molecule has 3 rings (SSSR count). The lowest BCUT2D eigenvalue weighted by Crippen LogP contribution is -2.18. The Morgan fingerprint density at radius 3 is 2.81 bits per heavy atom. The van der Waals surface area contributed by atoms with Crippen LogP contribution in [0, 0.1) is 5.82 Å². The molecule has 0 fully saturated rings. The Labute approximate surface area is 131 Å². The molecule has 110 valence electrons. The van der Waals surface area contributed by atoms with E-state index in [0.29, 0.717) is 16.6 Å². The van der Waals surface area contributed by atoms with Crippen molar-refractivity contribution in [1.82, 2.24) is 0 Å². The predicted molar refractivity (Wildman–Crippen MR) is 83.1 cm³/mol. The molecule has 0 saturated heterocycles. The summed E-state index contributed by atoms with van der Waals surface area (Å²) >= 11 is 3.20. The van der Waals surface area contributed by atoms with Crippen molar-refractivity contribution in [3.63, 3.8) is 0 Å². The summed E-state index contributed by atoms with van der Waals surface area (Å²) in [5.41, 5.74) is 2.25. The standard InChI is InChI=1S/C17H16BrFO2/c1-17(2)9-21-14-7-6-10(8-12(14)17)16(20)11-4-3-5-13(19)15(11)18/h3-8,16,20H,9H2,1-2H3. The number of aliphatic hydroxyl groups excluding tert-OH is 1. The Balaban J connectivity index is 2.03. The van der Waals surface area contributed by atoms with Gasteiger partial charge in [0.1, 0.15) is 17.7 Å². The van der Waals surface area contributed by atoms with Gasteiger partial charge in [0.25, 0.3) is 0 Å². The molecule has 0 saturated carbocycles. The molecule has 0 amide bonds. The third-order valence-corrected chi connectivity index (χ3v) is 4.75. The summed E-state index contributed by atoms with van der Waals surface area (Å²) in [6.07, 6.45) is -0.878. The minimum Gasteiger partial charge on any atom is -0.492 e. The second kappa shape index (κ2) is 5.11. The maximum absolute atomic E-state index is 13.6. The molecule has 4 heteroatoms. The van der Waals surface area contributed by atoms with E-state index in [1.807, 2.05) is 18.2 Å². The molecule has 1 unspecified atom stereocenters. The van der Waals surface area contributed by atoms with Crippen LogP contribution in [0.5, 0.6) is 5.75 Å². The predicted octanol–water partition coefficient (Wildman–Crippen LogP) is 4.34. The summed E-state index contributed by atoms with van der Waals surface area (Å²) in [5, 5.41) is 10.6. The molecule has 1 heterocycles. The smallest absolute Gasteiger partial charge is 0.137 e. The van der Waals surface area contributed by atoms with Crippen molar-refractivity contribution in [2.75, 3.05) is 6.61 Å². The van der Waals surface area contributed by atoms with Gasteiger partial charge in [0.15, 0.2) is 0 Å². The fourth-order valence-corrected chi connectivity index (χ4v) is 3.10. The molecule has 1 aliphatic heterocycles. The summed E-state index contributed by atoms with van der Waals surface area (Å²) < 4.78 is 19.6.